The molecule has 2 aromatic rings. The Morgan fingerprint density at radius 1 is 1.64 bits per heavy atom. The van der Waals surface area contributed by atoms with Gasteiger partial charge in [-0.1, -0.05) is 5.92 Å². The van der Waals surface area contributed by atoms with Crippen molar-refractivity contribution >= 4 is 11.2 Å². The second kappa shape index (κ2) is 6.22. The predicted octanol–water partition coefficient (Wildman–Crippen LogP) is 0.453. The summed E-state index contributed by atoms with van der Waals surface area (Å²) >= 11 is 0. The molecule has 4 atom stereocenters. The molecule has 0 amide bonds. The van der Waals surface area contributed by atoms with Crippen molar-refractivity contribution in [1.29, 1.82) is 0 Å². The molecule has 0 bridgehead atoms. The first kappa shape index (κ1) is 17.5. The van der Waals surface area contributed by atoms with Crippen LogP contribution in [0.15, 0.2) is 11.1 Å². The number of H-pyrrole nitrogens is 1. The largest absolute Gasteiger partial charge is 0.386 e. The topological polar surface area (TPSA) is 102 Å². The van der Waals surface area contributed by atoms with Crippen LogP contribution in [0, 0.1) is 19.3 Å². The number of ether oxygens (including phenoxy) is 2. The third-order valence-corrected chi connectivity index (χ3v) is 4.06. The van der Waals surface area contributed by atoms with E-state index < -0.39 is 29.7 Å². The molecule has 1 aliphatic heterocycles. The molecule has 0 saturated carbocycles. The van der Waals surface area contributed by atoms with Gasteiger partial charge < -0.3 is 19.6 Å². The number of aliphatic hydroxyl groups excluding tert-OH is 1. The van der Waals surface area contributed by atoms with E-state index in [4.69, 9.17) is 15.9 Å². The zero-order chi connectivity index (χ0) is 18.4. The zero-order valence-corrected chi connectivity index (χ0v) is 14.1. The monoisotopic (exact) mass is 350 g/mol. The van der Waals surface area contributed by atoms with Crippen LogP contribution in [0.5, 0.6) is 0 Å². The predicted molar refractivity (Wildman–Crippen MR) is 86.6 cm³/mol. The quantitative estimate of drug-likeness (QED) is 0.777. The van der Waals surface area contributed by atoms with E-state index in [0.29, 0.717) is 5.82 Å². The summed E-state index contributed by atoms with van der Waals surface area (Å²) in [5.74, 6) is 2.32. The third-order valence-electron chi connectivity index (χ3n) is 4.06. The minimum Gasteiger partial charge on any atom is -0.386 e. The molecule has 1 saturated heterocycles. The number of nitrogens with one attached hydrogen (secondary N) is 1. The van der Waals surface area contributed by atoms with Crippen LogP contribution in [0.4, 0.5) is 4.39 Å². The highest BCUT2D eigenvalue weighted by Crippen LogP contribution is 2.42. The minimum atomic E-state index is -2.52. The highest BCUT2D eigenvalue weighted by molar-refractivity contribution is 5.69. The molecular weight excluding hydrogens is 331 g/mol. The first-order chi connectivity index (χ1) is 11.8. The summed E-state index contributed by atoms with van der Waals surface area (Å²) in [6.45, 7) is 5.18. The molecule has 1 aliphatic rings. The molecule has 3 heterocycles. The Hall–Kier alpha value is -2.28. The molecule has 0 spiro atoms. The fourth-order valence-corrected chi connectivity index (χ4v) is 2.81. The molecule has 0 aromatic carbocycles. The SMILES string of the molecule is C#C[C@@]1(F)[C@H](O)[C@@H](COC(C)C)O[C@H]1n1cnc2c(=O)[nH]c(C)nc21. The van der Waals surface area contributed by atoms with Gasteiger partial charge in [0.05, 0.1) is 19.0 Å². The van der Waals surface area contributed by atoms with E-state index >= 15 is 4.39 Å². The lowest BCUT2D eigenvalue weighted by atomic mass is 9.97. The fraction of sp³-hybridized carbons (Fsp3) is 0.562. The second-order valence-electron chi connectivity index (χ2n) is 6.24. The number of fused-ring (bicyclic) bond motifs is 1. The smallest absolute Gasteiger partial charge is 0.279 e. The van der Waals surface area contributed by atoms with Gasteiger partial charge in [-0.2, -0.15) is 0 Å². The summed E-state index contributed by atoms with van der Waals surface area (Å²) < 4.78 is 27.6. The number of aliphatic hydroxyl groups is 1. The number of terminal acetylenes is 1. The van der Waals surface area contributed by atoms with E-state index in [2.05, 4.69) is 15.0 Å². The van der Waals surface area contributed by atoms with Crippen molar-refractivity contribution in [3.63, 3.8) is 0 Å². The van der Waals surface area contributed by atoms with Crippen molar-refractivity contribution in [2.45, 2.75) is 51.0 Å². The van der Waals surface area contributed by atoms with E-state index in [1.807, 2.05) is 19.8 Å². The van der Waals surface area contributed by atoms with Gasteiger partial charge in [0, 0.05) is 0 Å². The first-order valence-corrected chi connectivity index (χ1v) is 7.83. The van der Waals surface area contributed by atoms with Gasteiger partial charge in [-0.15, -0.1) is 6.42 Å². The summed E-state index contributed by atoms with van der Waals surface area (Å²) in [6, 6.07) is 0. The van der Waals surface area contributed by atoms with Crippen molar-refractivity contribution in [1.82, 2.24) is 19.5 Å². The molecule has 25 heavy (non-hydrogen) atoms. The van der Waals surface area contributed by atoms with Crippen molar-refractivity contribution in [2.75, 3.05) is 6.61 Å². The Morgan fingerprint density at radius 3 is 3.00 bits per heavy atom. The molecule has 0 aliphatic carbocycles. The number of aromatic nitrogens is 4. The number of alkyl halides is 1. The van der Waals surface area contributed by atoms with Crippen LogP contribution >= 0.6 is 0 Å². The van der Waals surface area contributed by atoms with Crippen molar-refractivity contribution in [3.8, 4) is 12.3 Å². The Balaban J connectivity index is 2.04. The number of rotatable bonds is 4. The maximum Gasteiger partial charge on any atom is 0.279 e. The normalized spacial score (nSPS) is 29.4. The lowest BCUT2D eigenvalue weighted by Crippen LogP contribution is -2.42. The van der Waals surface area contributed by atoms with Gasteiger partial charge in [-0.3, -0.25) is 9.36 Å². The number of halogens is 1. The number of aromatic amines is 1. The van der Waals surface area contributed by atoms with Gasteiger partial charge in [0.2, 0.25) is 5.67 Å². The van der Waals surface area contributed by atoms with Crippen LogP contribution in [-0.2, 0) is 9.47 Å². The highest BCUT2D eigenvalue weighted by atomic mass is 19.1. The first-order valence-electron chi connectivity index (χ1n) is 7.83. The number of hydrogen-bond donors (Lipinski definition) is 2. The lowest BCUT2D eigenvalue weighted by molar-refractivity contribution is -0.0754. The Labute approximate surface area is 143 Å². The fourth-order valence-electron chi connectivity index (χ4n) is 2.81. The molecule has 2 aromatic heterocycles. The van der Waals surface area contributed by atoms with Crippen molar-refractivity contribution < 1.29 is 19.0 Å². The molecule has 0 unspecified atom stereocenters. The third kappa shape index (κ3) is 2.82. The van der Waals surface area contributed by atoms with E-state index in [-0.39, 0.29) is 23.9 Å². The summed E-state index contributed by atoms with van der Waals surface area (Å²) in [5, 5.41) is 10.3. The van der Waals surface area contributed by atoms with E-state index in [1.165, 1.54) is 10.9 Å². The van der Waals surface area contributed by atoms with Gasteiger partial charge in [-0.25, -0.2) is 14.4 Å². The second-order valence-corrected chi connectivity index (χ2v) is 6.24. The molecule has 1 fully saturated rings. The summed E-state index contributed by atoms with van der Waals surface area (Å²) in [4.78, 5) is 22.6. The maximum absolute atomic E-state index is 15.3. The molecule has 2 N–H and O–H groups in total. The van der Waals surface area contributed by atoms with Crippen molar-refractivity contribution in [3.05, 3.63) is 22.5 Å². The van der Waals surface area contributed by atoms with Gasteiger partial charge in [0.15, 0.2) is 17.4 Å². The van der Waals surface area contributed by atoms with Gasteiger partial charge in [0.25, 0.3) is 5.56 Å². The number of aryl methyl sites for hydroxylation is 1. The molecular formula is C16H19FN4O4. The van der Waals surface area contributed by atoms with Crippen LogP contribution in [0.3, 0.4) is 0 Å². The standard InChI is InChI=1S/C16H19FN4O4/c1-5-16(17)12(22)10(6-24-8(2)3)25-15(16)21-7-18-11-13(21)19-9(4)20-14(11)23/h1,7-8,10,12,15,22H,6H2,2-4H3,(H,19,20,23)/t10-,12-,15-,16-/m1/s1. The van der Waals surface area contributed by atoms with E-state index in [9.17, 15) is 9.90 Å². The van der Waals surface area contributed by atoms with Crippen LogP contribution in [0.2, 0.25) is 0 Å². The van der Waals surface area contributed by atoms with E-state index in [0.717, 1.165) is 0 Å². The summed E-state index contributed by atoms with van der Waals surface area (Å²) in [5.41, 5.74) is -2.81. The number of nitrogens with zero attached hydrogens (tertiary/aromatic N) is 3. The highest BCUT2D eigenvalue weighted by Gasteiger charge is 2.58. The average Bonchev–Trinajstić information content (AvgIpc) is 3.06. The zero-order valence-electron chi connectivity index (χ0n) is 14.1. The van der Waals surface area contributed by atoms with Crippen LogP contribution in [0.1, 0.15) is 25.9 Å². The van der Waals surface area contributed by atoms with Crippen molar-refractivity contribution in [2.24, 2.45) is 0 Å². The van der Waals surface area contributed by atoms with Crippen LogP contribution < -0.4 is 5.56 Å². The molecule has 134 valence electrons. The van der Waals surface area contributed by atoms with Crippen LogP contribution in [0.25, 0.3) is 11.2 Å². The Morgan fingerprint density at radius 2 is 2.36 bits per heavy atom. The maximum atomic E-state index is 15.3. The Kier molecular flexibility index (Phi) is 4.36. The molecule has 0 radical (unpaired) electrons. The molecule has 9 heteroatoms. The van der Waals surface area contributed by atoms with Gasteiger partial charge in [0.1, 0.15) is 18.0 Å². The summed E-state index contributed by atoms with van der Waals surface area (Å²) in [6.07, 6.45) is 2.51. The van der Waals surface area contributed by atoms with Gasteiger partial charge >= 0.3 is 0 Å². The van der Waals surface area contributed by atoms with Gasteiger partial charge in [-0.05, 0) is 20.8 Å². The van der Waals surface area contributed by atoms with E-state index in [1.54, 1.807) is 6.92 Å². The minimum absolute atomic E-state index is 0.0254. The average molecular weight is 350 g/mol. The molecule has 8 nitrogen and oxygen atoms in total. The number of hydrogen-bond acceptors (Lipinski definition) is 6. The summed E-state index contributed by atoms with van der Waals surface area (Å²) in [7, 11) is 0. The lowest BCUT2D eigenvalue weighted by Gasteiger charge is -2.23. The Bertz CT molecular complexity index is 886. The number of imidazole rings is 1. The van der Waals surface area contributed by atoms with Crippen LogP contribution in [-0.4, -0.2) is 55.2 Å². The molecule has 3 rings (SSSR count).